The highest BCUT2D eigenvalue weighted by molar-refractivity contribution is 6.06. The van der Waals surface area contributed by atoms with Crippen LogP contribution in [0, 0.1) is 11.8 Å². The Kier molecular flexibility index (Phi) is 4.18. The van der Waals surface area contributed by atoms with Crippen LogP contribution in [0.1, 0.15) is 55.9 Å². The van der Waals surface area contributed by atoms with Crippen LogP contribution in [0.4, 0.5) is 0 Å². The number of carbonyl (C=O) groups excluding carboxylic acids is 1. The van der Waals surface area contributed by atoms with Gasteiger partial charge in [0.1, 0.15) is 0 Å². The molecule has 28 heavy (non-hydrogen) atoms. The molecule has 144 valence electrons. The molecule has 0 spiro atoms. The average Bonchev–Trinajstić information content (AvgIpc) is 3.63. The topological polar surface area (TPSA) is 59.8 Å². The fraction of sp³-hybridized carbons (Fsp3) is 0.435. The van der Waals surface area contributed by atoms with E-state index in [1.54, 1.807) is 6.20 Å². The second-order valence-electron chi connectivity index (χ2n) is 8.52. The molecule has 0 aliphatic heterocycles. The lowest BCUT2D eigenvalue weighted by molar-refractivity contribution is 0.0928. The number of nitrogens with one attached hydrogen (secondary N) is 1. The van der Waals surface area contributed by atoms with Gasteiger partial charge in [-0.3, -0.25) is 4.79 Å². The Morgan fingerprint density at radius 3 is 2.39 bits per heavy atom. The van der Waals surface area contributed by atoms with Crippen molar-refractivity contribution in [1.29, 1.82) is 0 Å². The number of amides is 1. The van der Waals surface area contributed by atoms with E-state index in [1.165, 1.54) is 25.7 Å². The third-order valence-corrected chi connectivity index (χ3v) is 5.93. The van der Waals surface area contributed by atoms with Crippen LogP contribution in [0.5, 0.6) is 0 Å². The number of carbonyl (C=O) groups is 1. The molecular weight excluding hydrogens is 348 g/mol. The molecule has 2 saturated carbocycles. The Hall–Kier alpha value is -2.69. The summed E-state index contributed by atoms with van der Waals surface area (Å²) in [7, 11) is 0. The molecule has 1 amide bonds. The van der Waals surface area contributed by atoms with Gasteiger partial charge in [-0.1, -0.05) is 30.3 Å². The van der Waals surface area contributed by atoms with Gasteiger partial charge in [0.2, 0.25) is 0 Å². The van der Waals surface area contributed by atoms with E-state index in [4.69, 9.17) is 4.98 Å². The molecule has 1 aromatic carbocycles. The minimum absolute atomic E-state index is 0.0108. The van der Waals surface area contributed by atoms with E-state index in [1.807, 2.05) is 41.1 Å². The predicted octanol–water partition coefficient (Wildman–Crippen LogP) is 4.60. The summed E-state index contributed by atoms with van der Waals surface area (Å²) < 4.78 is 1.90. The summed E-state index contributed by atoms with van der Waals surface area (Å²) in [5, 5.41) is 8.71. The first-order valence-electron chi connectivity index (χ1n) is 10.4. The number of nitrogens with zero attached hydrogens (tertiary/aromatic N) is 3. The van der Waals surface area contributed by atoms with Crippen molar-refractivity contribution in [2.45, 2.75) is 51.6 Å². The van der Waals surface area contributed by atoms with E-state index >= 15 is 0 Å². The summed E-state index contributed by atoms with van der Waals surface area (Å²) in [5.74, 6) is 1.35. The molecule has 0 bridgehead atoms. The molecule has 2 heterocycles. The molecule has 5 nitrogen and oxygen atoms in total. The van der Waals surface area contributed by atoms with Crippen molar-refractivity contribution in [3.05, 3.63) is 48.2 Å². The third kappa shape index (κ3) is 3.19. The van der Waals surface area contributed by atoms with Gasteiger partial charge in [-0.25, -0.2) is 9.67 Å². The van der Waals surface area contributed by atoms with Crippen molar-refractivity contribution in [1.82, 2.24) is 20.1 Å². The van der Waals surface area contributed by atoms with E-state index in [0.717, 1.165) is 22.3 Å². The van der Waals surface area contributed by atoms with Gasteiger partial charge >= 0.3 is 0 Å². The van der Waals surface area contributed by atoms with Gasteiger partial charge in [-0.15, -0.1) is 0 Å². The van der Waals surface area contributed by atoms with Crippen LogP contribution >= 0.6 is 0 Å². The highest BCUT2D eigenvalue weighted by Crippen LogP contribution is 2.44. The van der Waals surface area contributed by atoms with Gasteiger partial charge in [0.25, 0.3) is 5.91 Å². The number of pyridine rings is 1. The monoisotopic (exact) mass is 374 g/mol. The van der Waals surface area contributed by atoms with Crippen molar-refractivity contribution in [3.8, 4) is 11.3 Å². The minimum atomic E-state index is 0.0108. The normalized spacial score (nSPS) is 16.9. The first-order valence-corrected chi connectivity index (χ1v) is 10.4. The van der Waals surface area contributed by atoms with Crippen molar-refractivity contribution >= 4 is 16.9 Å². The summed E-state index contributed by atoms with van der Waals surface area (Å²) in [6.07, 6.45) is 6.76. The Bertz CT molecular complexity index is 1000. The molecule has 2 aromatic heterocycles. The van der Waals surface area contributed by atoms with E-state index in [2.05, 4.69) is 24.3 Å². The molecule has 1 N–H and O–H groups in total. The highest BCUT2D eigenvalue weighted by Gasteiger charge is 2.42. The van der Waals surface area contributed by atoms with Crippen LogP contribution in [0.2, 0.25) is 0 Å². The molecule has 0 unspecified atom stereocenters. The molecule has 2 aliphatic carbocycles. The van der Waals surface area contributed by atoms with E-state index in [-0.39, 0.29) is 11.9 Å². The van der Waals surface area contributed by atoms with Crippen LogP contribution in [0.3, 0.4) is 0 Å². The number of hydrogen-bond acceptors (Lipinski definition) is 3. The molecule has 0 atom stereocenters. The van der Waals surface area contributed by atoms with Gasteiger partial charge in [0.05, 0.1) is 22.8 Å². The molecule has 2 aliphatic rings. The fourth-order valence-electron chi connectivity index (χ4n) is 4.10. The van der Waals surface area contributed by atoms with E-state index in [9.17, 15) is 4.79 Å². The van der Waals surface area contributed by atoms with Gasteiger partial charge in [0.15, 0.2) is 5.65 Å². The van der Waals surface area contributed by atoms with Crippen LogP contribution < -0.4 is 5.32 Å². The van der Waals surface area contributed by atoms with Crippen molar-refractivity contribution in [2.75, 3.05) is 0 Å². The Labute approximate surface area is 165 Å². The Balaban J connectivity index is 1.59. The largest absolute Gasteiger partial charge is 0.349 e. The molecule has 2 fully saturated rings. The maximum Gasteiger partial charge on any atom is 0.252 e. The van der Waals surface area contributed by atoms with Crippen molar-refractivity contribution < 1.29 is 4.79 Å². The smallest absolute Gasteiger partial charge is 0.252 e. The average molecular weight is 374 g/mol. The quantitative estimate of drug-likeness (QED) is 0.686. The SMILES string of the molecule is CC(C)n1ncc2c(C(=O)NC(C3CC3)C3CC3)cc(-c3ccccc3)nc21. The molecule has 5 heteroatoms. The second kappa shape index (κ2) is 6.73. The fourth-order valence-corrected chi connectivity index (χ4v) is 4.10. The van der Waals surface area contributed by atoms with E-state index in [0.29, 0.717) is 23.4 Å². The number of hydrogen-bond donors (Lipinski definition) is 1. The third-order valence-electron chi connectivity index (χ3n) is 5.93. The molecule has 0 saturated heterocycles. The first-order chi connectivity index (χ1) is 13.6. The minimum Gasteiger partial charge on any atom is -0.349 e. The zero-order chi connectivity index (χ0) is 19.3. The number of rotatable bonds is 6. The lowest BCUT2D eigenvalue weighted by atomic mass is 10.0. The predicted molar refractivity (Wildman–Crippen MR) is 110 cm³/mol. The number of aromatic nitrogens is 3. The lowest BCUT2D eigenvalue weighted by Gasteiger charge is -2.18. The molecule has 3 aromatic rings. The van der Waals surface area contributed by atoms with Crippen molar-refractivity contribution in [2.24, 2.45) is 11.8 Å². The second-order valence-corrected chi connectivity index (χ2v) is 8.52. The van der Waals surface area contributed by atoms with Crippen LogP contribution in [-0.2, 0) is 0 Å². The van der Waals surface area contributed by atoms with E-state index < -0.39 is 0 Å². The zero-order valence-electron chi connectivity index (χ0n) is 16.4. The molecule has 5 rings (SSSR count). The number of fused-ring (bicyclic) bond motifs is 1. The maximum atomic E-state index is 13.3. The molecule has 0 radical (unpaired) electrons. The summed E-state index contributed by atoms with van der Waals surface area (Å²) in [6, 6.07) is 12.5. The van der Waals surface area contributed by atoms with Gasteiger partial charge in [0, 0.05) is 17.6 Å². The summed E-state index contributed by atoms with van der Waals surface area (Å²) >= 11 is 0. The standard InChI is InChI=1S/C23H26N4O/c1-14(2)27-22-19(13-24-27)18(12-20(25-22)15-6-4-3-5-7-15)23(28)26-21(16-8-9-16)17-10-11-17/h3-7,12-14,16-17,21H,8-11H2,1-2H3,(H,26,28). The lowest BCUT2D eigenvalue weighted by Crippen LogP contribution is -2.38. The highest BCUT2D eigenvalue weighted by atomic mass is 16.1. The Morgan fingerprint density at radius 1 is 1.11 bits per heavy atom. The summed E-state index contributed by atoms with van der Waals surface area (Å²) in [6.45, 7) is 4.17. The maximum absolute atomic E-state index is 13.3. The van der Waals surface area contributed by atoms with Gasteiger partial charge in [-0.2, -0.15) is 5.10 Å². The van der Waals surface area contributed by atoms with Gasteiger partial charge in [-0.05, 0) is 57.4 Å². The number of benzene rings is 1. The summed E-state index contributed by atoms with van der Waals surface area (Å²) in [5.41, 5.74) is 3.28. The van der Waals surface area contributed by atoms with Crippen LogP contribution in [0.25, 0.3) is 22.3 Å². The van der Waals surface area contributed by atoms with Crippen molar-refractivity contribution in [3.63, 3.8) is 0 Å². The van der Waals surface area contributed by atoms with Crippen LogP contribution in [-0.4, -0.2) is 26.7 Å². The first kappa shape index (κ1) is 17.4. The van der Waals surface area contributed by atoms with Gasteiger partial charge < -0.3 is 5.32 Å². The van der Waals surface area contributed by atoms with Crippen LogP contribution in [0.15, 0.2) is 42.6 Å². The summed E-state index contributed by atoms with van der Waals surface area (Å²) in [4.78, 5) is 18.2. The zero-order valence-corrected chi connectivity index (χ0v) is 16.4. The molecular formula is C23H26N4O. The Morgan fingerprint density at radius 2 is 1.79 bits per heavy atom.